The largest absolute Gasteiger partial charge is 0.387 e. The van der Waals surface area contributed by atoms with E-state index in [9.17, 15) is 4.39 Å². The van der Waals surface area contributed by atoms with Crippen LogP contribution in [-0.2, 0) is 5.67 Å². The fourth-order valence-corrected chi connectivity index (χ4v) is 1.17. The van der Waals surface area contributed by atoms with Crippen molar-refractivity contribution in [2.24, 2.45) is 0 Å². The Labute approximate surface area is 84.6 Å². The smallest absolute Gasteiger partial charge is 0.152 e. The molecule has 2 nitrogen and oxygen atoms in total. The Bertz CT molecular complexity index is 278. The van der Waals surface area contributed by atoms with Gasteiger partial charge in [-0.1, -0.05) is 13.8 Å². The number of rotatable bonds is 2. The highest BCUT2D eigenvalue weighted by Gasteiger charge is 2.46. The highest BCUT2D eigenvalue weighted by atomic mass is 19.1. The van der Waals surface area contributed by atoms with Crippen molar-refractivity contribution < 1.29 is 4.39 Å². The minimum absolute atomic E-state index is 0.571. The van der Waals surface area contributed by atoms with Gasteiger partial charge >= 0.3 is 0 Å². The Morgan fingerprint density at radius 2 is 2.00 bits per heavy atom. The Hall–Kier alpha value is -1.12. The third-order valence-electron chi connectivity index (χ3n) is 2.20. The molecule has 78 valence electrons. The van der Waals surface area contributed by atoms with Crippen molar-refractivity contribution >= 4 is 5.69 Å². The lowest BCUT2D eigenvalue weighted by atomic mass is 10.2. The molecule has 1 aliphatic carbocycles. The quantitative estimate of drug-likeness (QED) is 0.786. The maximum absolute atomic E-state index is 13.4. The van der Waals surface area contributed by atoms with Crippen LogP contribution in [0, 0.1) is 0 Å². The van der Waals surface area contributed by atoms with E-state index in [0.29, 0.717) is 18.5 Å². The van der Waals surface area contributed by atoms with E-state index in [1.165, 1.54) is 0 Å². The summed E-state index contributed by atoms with van der Waals surface area (Å²) in [7, 11) is 1.82. The van der Waals surface area contributed by atoms with Crippen molar-refractivity contribution in [1.29, 1.82) is 0 Å². The Morgan fingerprint density at radius 1 is 1.36 bits per heavy atom. The molecule has 0 aromatic carbocycles. The van der Waals surface area contributed by atoms with Gasteiger partial charge in [0.15, 0.2) is 5.67 Å². The molecule has 1 aromatic heterocycles. The van der Waals surface area contributed by atoms with Crippen LogP contribution in [0.5, 0.6) is 0 Å². The lowest BCUT2D eigenvalue weighted by Crippen LogP contribution is -2.01. The summed E-state index contributed by atoms with van der Waals surface area (Å²) in [5.41, 5.74) is 0.385. The van der Waals surface area contributed by atoms with E-state index < -0.39 is 5.67 Å². The summed E-state index contributed by atoms with van der Waals surface area (Å²) in [6, 6.07) is 3.60. The number of halogens is 1. The SMILES string of the molecule is CC.CNc1ccc(C2(F)CC2)nc1. The molecular weight excluding hydrogens is 179 g/mol. The maximum atomic E-state index is 13.4. The summed E-state index contributed by atoms with van der Waals surface area (Å²) >= 11 is 0. The van der Waals surface area contributed by atoms with Gasteiger partial charge < -0.3 is 5.32 Å². The van der Waals surface area contributed by atoms with E-state index in [4.69, 9.17) is 0 Å². The number of alkyl halides is 1. The van der Waals surface area contributed by atoms with Crippen molar-refractivity contribution in [2.45, 2.75) is 32.4 Å². The zero-order chi connectivity index (χ0) is 10.6. The minimum Gasteiger partial charge on any atom is -0.387 e. The molecule has 0 atom stereocenters. The number of nitrogens with one attached hydrogen (secondary N) is 1. The molecule has 1 N–H and O–H groups in total. The molecule has 14 heavy (non-hydrogen) atoms. The lowest BCUT2D eigenvalue weighted by molar-refractivity contribution is 0.309. The second-order valence-electron chi connectivity index (χ2n) is 3.15. The van der Waals surface area contributed by atoms with E-state index in [2.05, 4.69) is 10.3 Å². The van der Waals surface area contributed by atoms with Crippen LogP contribution in [-0.4, -0.2) is 12.0 Å². The molecule has 1 saturated carbocycles. The van der Waals surface area contributed by atoms with Crippen LogP contribution in [0.2, 0.25) is 0 Å². The first-order valence-electron chi connectivity index (χ1n) is 5.08. The molecule has 0 amide bonds. The van der Waals surface area contributed by atoms with Gasteiger partial charge in [0, 0.05) is 7.05 Å². The summed E-state index contributed by atoms with van der Waals surface area (Å²) in [6.45, 7) is 4.00. The first-order chi connectivity index (χ1) is 6.74. The number of hydrogen-bond donors (Lipinski definition) is 1. The average molecular weight is 196 g/mol. The molecule has 0 saturated heterocycles. The Morgan fingerprint density at radius 3 is 2.36 bits per heavy atom. The second kappa shape index (κ2) is 4.40. The molecule has 1 heterocycles. The lowest BCUT2D eigenvalue weighted by Gasteiger charge is -2.04. The summed E-state index contributed by atoms with van der Waals surface area (Å²) in [4.78, 5) is 4.05. The summed E-state index contributed by atoms with van der Waals surface area (Å²) in [5, 5.41) is 2.94. The molecule has 1 fully saturated rings. The molecule has 1 aliphatic rings. The molecule has 2 rings (SSSR count). The topological polar surface area (TPSA) is 24.9 Å². The normalized spacial score (nSPS) is 16.6. The molecule has 0 aliphatic heterocycles. The van der Waals surface area contributed by atoms with Crippen molar-refractivity contribution in [1.82, 2.24) is 4.98 Å². The van der Waals surface area contributed by atoms with Gasteiger partial charge in [0.2, 0.25) is 0 Å². The fraction of sp³-hybridized carbons (Fsp3) is 0.545. The van der Waals surface area contributed by atoms with Crippen LogP contribution in [0.1, 0.15) is 32.4 Å². The van der Waals surface area contributed by atoms with E-state index >= 15 is 0 Å². The fourth-order valence-electron chi connectivity index (χ4n) is 1.17. The Balaban J connectivity index is 0.000000461. The van der Waals surface area contributed by atoms with Crippen molar-refractivity contribution in [3.8, 4) is 0 Å². The predicted molar refractivity (Wildman–Crippen MR) is 57.2 cm³/mol. The van der Waals surface area contributed by atoms with Crippen LogP contribution in [0.3, 0.4) is 0 Å². The second-order valence-corrected chi connectivity index (χ2v) is 3.15. The van der Waals surface area contributed by atoms with Crippen LogP contribution in [0.4, 0.5) is 10.1 Å². The number of anilines is 1. The highest BCUT2D eigenvalue weighted by molar-refractivity contribution is 5.41. The zero-order valence-corrected chi connectivity index (χ0v) is 8.97. The number of aromatic nitrogens is 1. The first kappa shape index (κ1) is 11.0. The van der Waals surface area contributed by atoms with Crippen LogP contribution in [0.25, 0.3) is 0 Å². The van der Waals surface area contributed by atoms with Gasteiger partial charge in [0.25, 0.3) is 0 Å². The van der Waals surface area contributed by atoms with Crippen LogP contribution < -0.4 is 5.32 Å². The van der Waals surface area contributed by atoms with E-state index in [-0.39, 0.29) is 0 Å². The van der Waals surface area contributed by atoms with Gasteiger partial charge in [-0.25, -0.2) is 4.39 Å². The zero-order valence-electron chi connectivity index (χ0n) is 8.97. The third-order valence-corrected chi connectivity index (χ3v) is 2.20. The molecule has 0 spiro atoms. The number of pyridine rings is 1. The molecule has 1 aromatic rings. The van der Waals surface area contributed by atoms with Crippen molar-refractivity contribution in [2.75, 3.05) is 12.4 Å². The highest BCUT2D eigenvalue weighted by Crippen LogP contribution is 2.48. The van der Waals surface area contributed by atoms with Gasteiger partial charge in [0.05, 0.1) is 17.6 Å². The minimum atomic E-state index is -1.10. The first-order valence-corrected chi connectivity index (χ1v) is 5.08. The number of hydrogen-bond acceptors (Lipinski definition) is 2. The van der Waals surface area contributed by atoms with Gasteiger partial charge in [-0.3, -0.25) is 4.98 Å². The average Bonchev–Trinajstić information content (AvgIpc) is 3.01. The molecule has 3 heteroatoms. The monoisotopic (exact) mass is 196 g/mol. The van der Waals surface area contributed by atoms with Crippen LogP contribution in [0.15, 0.2) is 18.3 Å². The standard InChI is InChI=1S/C9H11FN2.C2H6/c1-11-7-2-3-8(12-6-7)9(10)4-5-9;1-2/h2-3,6,11H,4-5H2,1H3;1-2H3. The Kier molecular flexibility index (Phi) is 3.44. The van der Waals surface area contributed by atoms with E-state index in [0.717, 1.165) is 5.69 Å². The van der Waals surface area contributed by atoms with Gasteiger partial charge in [-0.05, 0) is 25.0 Å². The predicted octanol–water partition coefficient (Wildman–Crippen LogP) is 3.11. The van der Waals surface area contributed by atoms with Gasteiger partial charge in [-0.2, -0.15) is 0 Å². The molecule has 0 radical (unpaired) electrons. The maximum Gasteiger partial charge on any atom is 0.152 e. The number of nitrogens with zero attached hydrogens (tertiary/aromatic N) is 1. The van der Waals surface area contributed by atoms with Crippen molar-refractivity contribution in [3.63, 3.8) is 0 Å². The van der Waals surface area contributed by atoms with Crippen molar-refractivity contribution in [3.05, 3.63) is 24.0 Å². The third kappa shape index (κ3) is 2.22. The summed E-state index contributed by atoms with van der Waals surface area (Å²) in [5.74, 6) is 0. The van der Waals surface area contributed by atoms with E-state index in [1.807, 2.05) is 27.0 Å². The molecule has 0 bridgehead atoms. The molecule has 0 unspecified atom stereocenters. The van der Waals surface area contributed by atoms with Crippen LogP contribution >= 0.6 is 0 Å². The van der Waals surface area contributed by atoms with E-state index in [1.54, 1.807) is 12.3 Å². The molecular formula is C11H17FN2. The van der Waals surface area contributed by atoms with Gasteiger partial charge in [-0.15, -0.1) is 0 Å². The summed E-state index contributed by atoms with van der Waals surface area (Å²) < 4.78 is 13.4. The summed E-state index contributed by atoms with van der Waals surface area (Å²) in [6.07, 6.45) is 2.91. The van der Waals surface area contributed by atoms with Gasteiger partial charge in [0.1, 0.15) is 0 Å².